The van der Waals surface area contributed by atoms with Gasteiger partial charge in [0, 0.05) is 12.1 Å². The molecule has 7 heteroatoms. The van der Waals surface area contributed by atoms with Crippen molar-refractivity contribution >= 4 is 6.47 Å². The van der Waals surface area contributed by atoms with Gasteiger partial charge < -0.3 is 4.74 Å². The fourth-order valence-corrected chi connectivity index (χ4v) is 1.69. The van der Waals surface area contributed by atoms with Crippen LogP contribution in [-0.2, 0) is 22.1 Å². The van der Waals surface area contributed by atoms with Crippen LogP contribution in [0.3, 0.4) is 0 Å². The maximum atomic E-state index is 12.3. The van der Waals surface area contributed by atoms with Gasteiger partial charge in [-0.15, -0.1) is 0 Å². The Morgan fingerprint density at radius 3 is 2.76 bits per heavy atom. The van der Waals surface area contributed by atoms with Crippen LogP contribution in [0.25, 0.3) is 0 Å². The molecule has 0 aliphatic heterocycles. The number of carbonyl (C=O) groups excluding carboxylic acids is 1. The molecule has 1 aromatic heterocycles. The van der Waals surface area contributed by atoms with E-state index in [4.69, 9.17) is 4.74 Å². The van der Waals surface area contributed by atoms with E-state index in [0.29, 0.717) is 12.2 Å². The molecule has 1 N–H and O–H groups in total. The lowest BCUT2D eigenvalue weighted by atomic mass is 10.1. The van der Waals surface area contributed by atoms with E-state index in [1.165, 1.54) is 0 Å². The highest BCUT2D eigenvalue weighted by atomic mass is 19.4. The van der Waals surface area contributed by atoms with Gasteiger partial charge in [0.2, 0.25) is 0 Å². The Bertz CT molecular complexity index is 399. The van der Waals surface area contributed by atoms with Crippen molar-refractivity contribution in [2.24, 2.45) is 5.92 Å². The molecule has 1 fully saturated rings. The molecule has 0 amide bonds. The number of nitrogens with zero attached hydrogens (tertiary/aromatic N) is 1. The zero-order valence-corrected chi connectivity index (χ0v) is 8.83. The molecule has 0 bridgehead atoms. The highest BCUT2D eigenvalue weighted by molar-refractivity contribution is 5.37. The van der Waals surface area contributed by atoms with Gasteiger partial charge in [-0.2, -0.15) is 18.3 Å². The number of hydrogen-bond donors (Lipinski definition) is 1. The van der Waals surface area contributed by atoms with E-state index in [1.807, 2.05) is 0 Å². The Morgan fingerprint density at radius 1 is 1.59 bits per heavy atom. The maximum absolute atomic E-state index is 12.3. The molecular weight excluding hydrogens is 237 g/mol. The molecule has 94 valence electrons. The molecule has 1 saturated carbocycles. The average molecular weight is 248 g/mol. The summed E-state index contributed by atoms with van der Waals surface area (Å²) in [5.74, 6) is 0.262. The first kappa shape index (κ1) is 11.9. The fraction of sp³-hybridized carbons (Fsp3) is 0.600. The standard InChI is InChI=1S/C10H11F3N2O2/c11-10(12,13)9-4-7(14-15-9)3-8(17-5-16)6-1-2-6/h4-6,8H,1-3H2,(H,14,15). The van der Waals surface area contributed by atoms with Crippen molar-refractivity contribution in [3.05, 3.63) is 17.5 Å². The molecule has 0 aromatic carbocycles. The van der Waals surface area contributed by atoms with Crippen LogP contribution < -0.4 is 0 Å². The predicted molar refractivity (Wildman–Crippen MR) is 51.0 cm³/mol. The van der Waals surface area contributed by atoms with Crippen LogP contribution in [0.1, 0.15) is 24.2 Å². The zero-order valence-electron chi connectivity index (χ0n) is 8.83. The second-order valence-corrected chi connectivity index (χ2v) is 4.09. The minimum absolute atomic E-state index is 0.243. The third-order valence-corrected chi connectivity index (χ3v) is 2.72. The van der Waals surface area contributed by atoms with Gasteiger partial charge in [-0.3, -0.25) is 9.89 Å². The van der Waals surface area contributed by atoms with Crippen molar-refractivity contribution in [3.8, 4) is 0 Å². The molecule has 1 heterocycles. The van der Waals surface area contributed by atoms with Crippen molar-refractivity contribution in [3.63, 3.8) is 0 Å². The van der Waals surface area contributed by atoms with Crippen LogP contribution in [0.2, 0.25) is 0 Å². The van der Waals surface area contributed by atoms with Gasteiger partial charge in [0.25, 0.3) is 6.47 Å². The summed E-state index contributed by atoms with van der Waals surface area (Å²) in [6, 6.07) is 0.948. The van der Waals surface area contributed by atoms with Gasteiger partial charge in [0.1, 0.15) is 6.10 Å². The summed E-state index contributed by atoms with van der Waals surface area (Å²) in [6.07, 6.45) is -2.67. The SMILES string of the molecule is O=COC(Cc1cc(C(F)(F)F)n[nH]1)C1CC1. The van der Waals surface area contributed by atoms with Gasteiger partial charge in [0.05, 0.1) is 0 Å². The van der Waals surface area contributed by atoms with E-state index in [0.717, 1.165) is 18.9 Å². The predicted octanol–water partition coefficient (Wildman–Crippen LogP) is 1.92. The number of aromatic nitrogens is 2. The molecule has 1 unspecified atom stereocenters. The Morgan fingerprint density at radius 2 is 2.29 bits per heavy atom. The molecular formula is C10H11F3N2O2. The molecule has 0 spiro atoms. The Kier molecular flexibility index (Phi) is 3.08. The van der Waals surface area contributed by atoms with Crippen LogP contribution in [0.5, 0.6) is 0 Å². The quantitative estimate of drug-likeness (QED) is 0.810. The highest BCUT2D eigenvalue weighted by Gasteiger charge is 2.36. The normalized spacial score (nSPS) is 17.8. The van der Waals surface area contributed by atoms with Crippen molar-refractivity contribution in [2.45, 2.75) is 31.5 Å². The number of rotatable bonds is 5. The van der Waals surface area contributed by atoms with Crippen LogP contribution in [0.4, 0.5) is 13.2 Å². The highest BCUT2D eigenvalue weighted by Crippen LogP contribution is 2.36. The van der Waals surface area contributed by atoms with Crippen LogP contribution in [0, 0.1) is 5.92 Å². The van der Waals surface area contributed by atoms with E-state index >= 15 is 0 Å². The molecule has 0 saturated heterocycles. The number of carbonyl (C=O) groups is 1. The lowest BCUT2D eigenvalue weighted by molar-refractivity contribution is -0.141. The summed E-state index contributed by atoms with van der Waals surface area (Å²) in [4.78, 5) is 10.3. The van der Waals surface area contributed by atoms with Crippen LogP contribution >= 0.6 is 0 Å². The second-order valence-electron chi connectivity index (χ2n) is 4.09. The number of aromatic amines is 1. The van der Waals surface area contributed by atoms with E-state index < -0.39 is 11.9 Å². The van der Waals surface area contributed by atoms with Crippen molar-refractivity contribution in [2.75, 3.05) is 0 Å². The summed E-state index contributed by atoms with van der Waals surface area (Å²) in [6.45, 7) is 0.337. The van der Waals surface area contributed by atoms with Crippen LogP contribution in [0.15, 0.2) is 6.07 Å². The van der Waals surface area contributed by atoms with Gasteiger partial charge >= 0.3 is 6.18 Å². The molecule has 2 rings (SSSR count). The molecule has 1 aliphatic rings. The monoisotopic (exact) mass is 248 g/mol. The van der Waals surface area contributed by atoms with Crippen LogP contribution in [-0.4, -0.2) is 22.8 Å². The third-order valence-electron chi connectivity index (χ3n) is 2.72. The van der Waals surface area contributed by atoms with Gasteiger partial charge in [-0.1, -0.05) is 0 Å². The third kappa shape index (κ3) is 2.98. The number of alkyl halides is 3. The molecule has 4 nitrogen and oxygen atoms in total. The Labute approximate surface area is 95.1 Å². The first-order chi connectivity index (χ1) is 8.00. The lowest BCUT2D eigenvalue weighted by Crippen LogP contribution is -2.18. The summed E-state index contributed by atoms with van der Waals surface area (Å²) < 4.78 is 41.7. The van der Waals surface area contributed by atoms with E-state index in [1.54, 1.807) is 0 Å². The summed E-state index contributed by atoms with van der Waals surface area (Å²) in [5.41, 5.74) is -0.621. The zero-order chi connectivity index (χ0) is 12.5. The van der Waals surface area contributed by atoms with Gasteiger partial charge in [0.15, 0.2) is 5.69 Å². The molecule has 1 aromatic rings. The Balaban J connectivity index is 2.02. The van der Waals surface area contributed by atoms with E-state index in [9.17, 15) is 18.0 Å². The van der Waals surface area contributed by atoms with Crippen molar-refractivity contribution < 1.29 is 22.7 Å². The first-order valence-electron chi connectivity index (χ1n) is 5.21. The first-order valence-corrected chi connectivity index (χ1v) is 5.21. The minimum atomic E-state index is -4.45. The van der Waals surface area contributed by atoms with E-state index in [-0.39, 0.29) is 18.4 Å². The topological polar surface area (TPSA) is 55.0 Å². The van der Waals surface area contributed by atoms with Gasteiger partial charge in [-0.25, -0.2) is 0 Å². The number of nitrogens with one attached hydrogen (secondary N) is 1. The second kappa shape index (κ2) is 4.38. The fourth-order valence-electron chi connectivity index (χ4n) is 1.69. The summed E-state index contributed by atoms with van der Waals surface area (Å²) >= 11 is 0. The van der Waals surface area contributed by atoms with Crippen molar-refractivity contribution in [1.29, 1.82) is 0 Å². The minimum Gasteiger partial charge on any atom is -0.464 e. The Hall–Kier alpha value is -1.53. The summed E-state index contributed by atoms with van der Waals surface area (Å²) in [7, 11) is 0. The molecule has 17 heavy (non-hydrogen) atoms. The average Bonchev–Trinajstić information content (AvgIpc) is 2.96. The summed E-state index contributed by atoms with van der Waals surface area (Å²) in [5, 5.41) is 5.50. The number of H-pyrrole nitrogens is 1. The molecule has 1 aliphatic carbocycles. The largest absolute Gasteiger partial charge is 0.464 e. The number of hydrogen-bond acceptors (Lipinski definition) is 3. The molecule has 1 atom stereocenters. The van der Waals surface area contributed by atoms with E-state index in [2.05, 4.69) is 10.2 Å². The number of ether oxygens (including phenoxy) is 1. The van der Waals surface area contributed by atoms with Crippen molar-refractivity contribution in [1.82, 2.24) is 10.2 Å². The maximum Gasteiger partial charge on any atom is 0.435 e. The smallest absolute Gasteiger partial charge is 0.435 e. The lowest BCUT2D eigenvalue weighted by Gasteiger charge is -2.12. The molecule has 0 radical (unpaired) electrons. The van der Waals surface area contributed by atoms with Gasteiger partial charge in [-0.05, 0) is 24.8 Å². The number of halogens is 3.